The standard InChI is InChI=1S/C31H35ClFN3O4S/c1-22-11-17-29(18-12-22)41(39,40)36(28-15-13-26(33)14-16-28)21-30(37)35(20-24-7-6-8-25(32)19-24)23(2)31(38)34-27-9-4-3-5-10-27/h6-8,11-19,23,27H,3-5,9-10,20-21H2,1-2H3,(H,34,38)/t23-/m0/s1. The van der Waals surface area contributed by atoms with E-state index < -0.39 is 34.3 Å². The summed E-state index contributed by atoms with van der Waals surface area (Å²) < 4.78 is 42.4. The van der Waals surface area contributed by atoms with Crippen LogP contribution in [0.4, 0.5) is 10.1 Å². The molecular formula is C31H35ClFN3O4S. The van der Waals surface area contributed by atoms with Gasteiger partial charge in [0.05, 0.1) is 10.6 Å². The summed E-state index contributed by atoms with van der Waals surface area (Å²) in [7, 11) is -4.22. The van der Waals surface area contributed by atoms with Gasteiger partial charge < -0.3 is 10.2 Å². The number of nitrogens with zero attached hydrogens (tertiary/aromatic N) is 2. The minimum atomic E-state index is -4.22. The molecule has 41 heavy (non-hydrogen) atoms. The highest BCUT2D eigenvalue weighted by molar-refractivity contribution is 7.92. The lowest BCUT2D eigenvalue weighted by molar-refractivity contribution is -0.139. The van der Waals surface area contributed by atoms with E-state index in [9.17, 15) is 22.4 Å². The van der Waals surface area contributed by atoms with Crippen LogP contribution >= 0.6 is 11.6 Å². The molecule has 1 atom stereocenters. The molecule has 2 amide bonds. The second-order valence-electron chi connectivity index (χ2n) is 10.5. The lowest BCUT2D eigenvalue weighted by atomic mass is 9.95. The van der Waals surface area contributed by atoms with E-state index >= 15 is 0 Å². The summed E-state index contributed by atoms with van der Waals surface area (Å²) in [5, 5.41) is 3.55. The number of sulfonamides is 1. The smallest absolute Gasteiger partial charge is 0.264 e. The van der Waals surface area contributed by atoms with Gasteiger partial charge in [-0.1, -0.05) is 60.7 Å². The Morgan fingerprint density at radius 1 is 1.00 bits per heavy atom. The third-order valence-corrected chi connectivity index (χ3v) is 9.39. The molecule has 3 aromatic rings. The Hall–Kier alpha value is -3.43. The van der Waals surface area contributed by atoms with Gasteiger partial charge in [-0.05, 0) is 80.8 Å². The minimum Gasteiger partial charge on any atom is -0.352 e. The van der Waals surface area contributed by atoms with Crippen LogP contribution in [0.3, 0.4) is 0 Å². The molecule has 0 spiro atoms. The van der Waals surface area contributed by atoms with Crippen molar-refractivity contribution in [1.29, 1.82) is 0 Å². The van der Waals surface area contributed by atoms with Gasteiger partial charge in [0.1, 0.15) is 18.4 Å². The molecule has 4 rings (SSSR count). The maximum atomic E-state index is 14.0. The second-order valence-corrected chi connectivity index (χ2v) is 12.8. The lowest BCUT2D eigenvalue weighted by Gasteiger charge is -2.33. The van der Waals surface area contributed by atoms with Gasteiger partial charge in [-0.25, -0.2) is 12.8 Å². The topological polar surface area (TPSA) is 86.8 Å². The molecule has 0 bridgehead atoms. The zero-order chi connectivity index (χ0) is 29.6. The fourth-order valence-corrected chi connectivity index (χ4v) is 6.58. The fourth-order valence-electron chi connectivity index (χ4n) is 4.96. The number of hydrogen-bond donors (Lipinski definition) is 1. The van der Waals surface area contributed by atoms with Crippen LogP contribution in [0.25, 0.3) is 0 Å². The first-order valence-corrected chi connectivity index (χ1v) is 15.6. The molecule has 0 heterocycles. The van der Waals surface area contributed by atoms with Gasteiger partial charge in [0.15, 0.2) is 0 Å². The van der Waals surface area contributed by atoms with Crippen molar-refractivity contribution in [2.24, 2.45) is 0 Å². The van der Waals surface area contributed by atoms with E-state index in [1.165, 1.54) is 29.2 Å². The quantitative estimate of drug-likeness (QED) is 0.317. The van der Waals surface area contributed by atoms with Crippen LogP contribution in [0, 0.1) is 12.7 Å². The average Bonchev–Trinajstić information content (AvgIpc) is 2.95. The molecule has 218 valence electrons. The number of amides is 2. The van der Waals surface area contributed by atoms with E-state index in [1.54, 1.807) is 43.3 Å². The summed E-state index contributed by atoms with van der Waals surface area (Å²) in [6, 6.07) is 17.3. The molecule has 0 saturated heterocycles. The average molecular weight is 600 g/mol. The highest BCUT2D eigenvalue weighted by Gasteiger charge is 2.33. The van der Waals surface area contributed by atoms with E-state index in [2.05, 4.69) is 5.32 Å². The predicted octanol–water partition coefficient (Wildman–Crippen LogP) is 5.85. The largest absolute Gasteiger partial charge is 0.352 e. The highest BCUT2D eigenvalue weighted by Crippen LogP contribution is 2.26. The highest BCUT2D eigenvalue weighted by atomic mass is 35.5. The van der Waals surface area contributed by atoms with Crippen molar-refractivity contribution in [3.63, 3.8) is 0 Å². The molecule has 3 aromatic carbocycles. The summed E-state index contributed by atoms with van der Waals surface area (Å²) >= 11 is 6.19. The van der Waals surface area contributed by atoms with E-state index in [1.807, 2.05) is 6.92 Å². The molecule has 7 nitrogen and oxygen atoms in total. The number of nitrogens with one attached hydrogen (secondary N) is 1. The van der Waals surface area contributed by atoms with Crippen LogP contribution in [0.1, 0.15) is 50.2 Å². The van der Waals surface area contributed by atoms with Crippen LogP contribution in [-0.4, -0.2) is 43.8 Å². The summed E-state index contributed by atoms with van der Waals surface area (Å²) in [6.07, 6.45) is 4.97. The van der Waals surface area contributed by atoms with Gasteiger partial charge in [0.2, 0.25) is 11.8 Å². The van der Waals surface area contributed by atoms with Crippen LogP contribution in [0.5, 0.6) is 0 Å². The van der Waals surface area contributed by atoms with Gasteiger partial charge >= 0.3 is 0 Å². The summed E-state index contributed by atoms with van der Waals surface area (Å²) in [5.74, 6) is -1.43. The maximum Gasteiger partial charge on any atom is 0.264 e. The number of hydrogen-bond acceptors (Lipinski definition) is 4. The number of anilines is 1. The third-order valence-electron chi connectivity index (χ3n) is 7.36. The van der Waals surface area contributed by atoms with Crippen molar-refractivity contribution in [3.05, 3.63) is 94.8 Å². The van der Waals surface area contributed by atoms with Crippen LogP contribution in [-0.2, 0) is 26.2 Å². The number of benzene rings is 3. The minimum absolute atomic E-state index is 0.00953. The molecule has 1 N–H and O–H groups in total. The van der Waals surface area contributed by atoms with Gasteiger partial charge in [-0.15, -0.1) is 0 Å². The van der Waals surface area contributed by atoms with Crippen LogP contribution in [0.15, 0.2) is 77.7 Å². The van der Waals surface area contributed by atoms with Gasteiger partial charge in [-0.3, -0.25) is 13.9 Å². The fraction of sp³-hybridized carbons (Fsp3) is 0.355. The molecule has 1 saturated carbocycles. The Balaban J connectivity index is 1.67. The zero-order valence-electron chi connectivity index (χ0n) is 23.2. The SMILES string of the molecule is Cc1ccc(S(=O)(=O)N(CC(=O)N(Cc2cccc(Cl)c2)[C@@H](C)C(=O)NC2CCCCC2)c2ccc(F)cc2)cc1. The van der Waals surface area contributed by atoms with E-state index in [4.69, 9.17) is 11.6 Å². The molecule has 1 aliphatic carbocycles. The molecule has 0 aliphatic heterocycles. The monoisotopic (exact) mass is 599 g/mol. The second kappa shape index (κ2) is 13.5. The van der Waals surface area contributed by atoms with Crippen molar-refractivity contribution in [2.45, 2.75) is 69.5 Å². The van der Waals surface area contributed by atoms with Crippen molar-refractivity contribution in [2.75, 3.05) is 10.8 Å². The van der Waals surface area contributed by atoms with Crippen molar-refractivity contribution >= 4 is 39.1 Å². The zero-order valence-corrected chi connectivity index (χ0v) is 24.8. The van der Waals surface area contributed by atoms with E-state index in [0.29, 0.717) is 10.6 Å². The molecular weight excluding hydrogens is 565 g/mol. The molecule has 10 heteroatoms. The summed E-state index contributed by atoms with van der Waals surface area (Å²) in [4.78, 5) is 28.7. The van der Waals surface area contributed by atoms with Crippen LogP contribution in [0.2, 0.25) is 5.02 Å². The van der Waals surface area contributed by atoms with E-state index in [-0.39, 0.29) is 29.1 Å². The molecule has 0 radical (unpaired) electrons. The first-order valence-electron chi connectivity index (χ1n) is 13.7. The van der Waals surface area contributed by atoms with Crippen molar-refractivity contribution in [1.82, 2.24) is 10.2 Å². The first-order chi connectivity index (χ1) is 19.5. The summed E-state index contributed by atoms with van der Waals surface area (Å²) in [5.41, 5.74) is 1.69. The van der Waals surface area contributed by atoms with Gasteiger partial charge in [0, 0.05) is 17.6 Å². The van der Waals surface area contributed by atoms with Crippen molar-refractivity contribution in [3.8, 4) is 0 Å². The number of carbonyl (C=O) groups is 2. The Morgan fingerprint density at radius 3 is 2.29 bits per heavy atom. The number of halogens is 2. The predicted molar refractivity (Wildman–Crippen MR) is 159 cm³/mol. The molecule has 1 fully saturated rings. The third kappa shape index (κ3) is 7.86. The Kier molecular flexibility index (Phi) is 10.0. The Bertz CT molecular complexity index is 1460. The number of rotatable bonds is 10. The maximum absolute atomic E-state index is 14.0. The van der Waals surface area contributed by atoms with Gasteiger partial charge in [-0.2, -0.15) is 0 Å². The van der Waals surface area contributed by atoms with Gasteiger partial charge in [0.25, 0.3) is 10.0 Å². The Morgan fingerprint density at radius 2 is 1.66 bits per heavy atom. The number of aryl methyl sites for hydroxylation is 1. The molecule has 0 unspecified atom stereocenters. The number of carbonyl (C=O) groups excluding carboxylic acids is 2. The van der Waals surface area contributed by atoms with Crippen molar-refractivity contribution < 1.29 is 22.4 Å². The molecule has 0 aromatic heterocycles. The Labute approximate surface area is 246 Å². The first kappa shape index (κ1) is 30.5. The summed E-state index contributed by atoms with van der Waals surface area (Å²) in [6.45, 7) is 2.92. The van der Waals surface area contributed by atoms with Crippen LogP contribution < -0.4 is 9.62 Å². The van der Waals surface area contributed by atoms with E-state index in [0.717, 1.165) is 54.1 Å². The normalized spacial score (nSPS) is 14.7. The molecule has 1 aliphatic rings. The lowest BCUT2D eigenvalue weighted by Crippen LogP contribution is -2.53.